The molecule has 0 bridgehead atoms. The maximum absolute atomic E-state index is 13.0. The molecule has 0 saturated carbocycles. The van der Waals surface area contributed by atoms with E-state index in [4.69, 9.17) is 4.74 Å². The molecule has 1 aliphatic heterocycles. The zero-order valence-corrected chi connectivity index (χ0v) is 15.7. The van der Waals surface area contributed by atoms with Gasteiger partial charge in [0.1, 0.15) is 11.5 Å². The number of piperidine rings is 1. The first-order valence-electron chi connectivity index (χ1n) is 8.65. The number of methoxy groups -OCH3 is 1. The van der Waals surface area contributed by atoms with E-state index in [1.165, 1.54) is 24.3 Å². The topological polar surface area (TPSA) is 55.8 Å². The monoisotopic (exact) mass is 397 g/mol. The smallest absolute Gasteiger partial charge is 0.387 e. The van der Waals surface area contributed by atoms with E-state index in [9.17, 15) is 17.2 Å². The molecule has 146 valence electrons. The van der Waals surface area contributed by atoms with E-state index >= 15 is 0 Å². The molecule has 5 nitrogen and oxygen atoms in total. The van der Waals surface area contributed by atoms with Gasteiger partial charge in [0.25, 0.3) is 0 Å². The van der Waals surface area contributed by atoms with E-state index in [0.29, 0.717) is 5.75 Å². The molecule has 0 N–H and O–H groups in total. The van der Waals surface area contributed by atoms with Gasteiger partial charge in [-0.15, -0.1) is 0 Å². The molecule has 0 amide bonds. The highest BCUT2D eigenvalue weighted by atomic mass is 32.2. The van der Waals surface area contributed by atoms with Crippen LogP contribution in [0.15, 0.2) is 52.3 Å². The van der Waals surface area contributed by atoms with Crippen molar-refractivity contribution in [2.24, 2.45) is 0 Å². The molecule has 0 aromatic heterocycles. The van der Waals surface area contributed by atoms with Crippen LogP contribution in [0.4, 0.5) is 14.5 Å². The van der Waals surface area contributed by atoms with E-state index in [-0.39, 0.29) is 15.5 Å². The van der Waals surface area contributed by atoms with Crippen molar-refractivity contribution in [2.45, 2.75) is 35.7 Å². The average molecular weight is 397 g/mol. The number of ether oxygens (including phenoxy) is 2. The molecule has 1 aliphatic rings. The fraction of sp³-hybridized carbons (Fsp3) is 0.368. The van der Waals surface area contributed by atoms with Crippen molar-refractivity contribution in [1.29, 1.82) is 0 Å². The lowest BCUT2D eigenvalue weighted by atomic mass is 10.1. The van der Waals surface area contributed by atoms with Crippen LogP contribution in [0.2, 0.25) is 0 Å². The minimum Gasteiger partial charge on any atom is -0.495 e. The van der Waals surface area contributed by atoms with Gasteiger partial charge >= 0.3 is 6.61 Å². The lowest BCUT2D eigenvalue weighted by Crippen LogP contribution is -2.29. The lowest BCUT2D eigenvalue weighted by molar-refractivity contribution is -0.0499. The van der Waals surface area contributed by atoms with Crippen LogP contribution >= 0.6 is 0 Å². The summed E-state index contributed by atoms with van der Waals surface area (Å²) in [5.41, 5.74) is 0.721. The molecule has 27 heavy (non-hydrogen) atoms. The first-order chi connectivity index (χ1) is 12.9. The molecule has 1 saturated heterocycles. The van der Waals surface area contributed by atoms with E-state index in [0.717, 1.165) is 44.1 Å². The number of halogens is 2. The minimum absolute atomic E-state index is 0.0815. The van der Waals surface area contributed by atoms with Gasteiger partial charge < -0.3 is 14.4 Å². The molecule has 3 rings (SSSR count). The maximum atomic E-state index is 13.0. The Morgan fingerprint density at radius 3 is 2.37 bits per heavy atom. The van der Waals surface area contributed by atoms with E-state index in [1.807, 2.05) is 0 Å². The van der Waals surface area contributed by atoms with Crippen molar-refractivity contribution < 1.29 is 26.7 Å². The number of anilines is 1. The normalized spacial score (nSPS) is 15.0. The molecule has 1 fully saturated rings. The van der Waals surface area contributed by atoms with E-state index in [1.54, 1.807) is 19.2 Å². The van der Waals surface area contributed by atoms with Gasteiger partial charge in [-0.1, -0.05) is 6.07 Å². The summed E-state index contributed by atoms with van der Waals surface area (Å²) in [7, 11) is -2.35. The summed E-state index contributed by atoms with van der Waals surface area (Å²) in [5, 5.41) is 0. The largest absolute Gasteiger partial charge is 0.495 e. The van der Waals surface area contributed by atoms with Crippen molar-refractivity contribution >= 4 is 15.5 Å². The van der Waals surface area contributed by atoms with Crippen molar-refractivity contribution in [3.8, 4) is 11.5 Å². The summed E-state index contributed by atoms with van der Waals surface area (Å²) in [4.78, 5) is 2.09. The van der Waals surface area contributed by atoms with Crippen molar-refractivity contribution in [2.75, 3.05) is 25.1 Å². The van der Waals surface area contributed by atoms with Crippen LogP contribution in [-0.4, -0.2) is 35.2 Å². The molecule has 8 heteroatoms. The van der Waals surface area contributed by atoms with Gasteiger partial charge in [-0.05, 0) is 55.7 Å². The predicted octanol–water partition coefficient (Wildman–Crippen LogP) is 4.12. The van der Waals surface area contributed by atoms with Crippen LogP contribution in [0.3, 0.4) is 0 Å². The Balaban J connectivity index is 1.99. The summed E-state index contributed by atoms with van der Waals surface area (Å²) >= 11 is 0. The number of nitrogens with zero attached hydrogens (tertiary/aromatic N) is 1. The molecule has 2 aromatic carbocycles. The predicted molar refractivity (Wildman–Crippen MR) is 97.6 cm³/mol. The Hall–Kier alpha value is -2.35. The standard InChI is InChI=1S/C19H21F2NO4S/c1-25-18-9-8-16(13-17(18)22-10-3-2-4-11-22)27(23,24)15-7-5-6-14(12-15)26-19(20)21/h5-9,12-13,19H,2-4,10-11H2,1H3. The first-order valence-corrected chi connectivity index (χ1v) is 10.1. The summed E-state index contributed by atoms with van der Waals surface area (Å²) < 4.78 is 60.6. The summed E-state index contributed by atoms with van der Waals surface area (Å²) in [6.45, 7) is -1.36. The Bertz CT molecular complexity index is 896. The third-order valence-electron chi connectivity index (χ3n) is 4.50. The molecule has 2 aromatic rings. The summed E-state index contributed by atoms with van der Waals surface area (Å²) in [6, 6.07) is 9.79. The highest BCUT2D eigenvalue weighted by Gasteiger charge is 2.23. The fourth-order valence-corrected chi connectivity index (χ4v) is 4.49. The number of alkyl halides is 2. The Morgan fingerprint density at radius 1 is 1.00 bits per heavy atom. The molecule has 0 atom stereocenters. The maximum Gasteiger partial charge on any atom is 0.387 e. The van der Waals surface area contributed by atoms with Crippen molar-refractivity contribution in [3.05, 3.63) is 42.5 Å². The van der Waals surface area contributed by atoms with Crippen molar-refractivity contribution in [3.63, 3.8) is 0 Å². The molecule has 0 aliphatic carbocycles. The summed E-state index contributed by atoms with van der Waals surface area (Å²) in [6.07, 6.45) is 3.22. The lowest BCUT2D eigenvalue weighted by Gasteiger charge is -2.30. The van der Waals surface area contributed by atoms with Gasteiger partial charge in [-0.3, -0.25) is 0 Å². The Labute approximate surface area is 157 Å². The third-order valence-corrected chi connectivity index (χ3v) is 6.25. The second-order valence-electron chi connectivity index (χ2n) is 6.24. The number of benzene rings is 2. The van der Waals surface area contributed by atoms with Gasteiger partial charge in [0.15, 0.2) is 0 Å². The number of hydrogen-bond acceptors (Lipinski definition) is 5. The number of sulfone groups is 1. The van der Waals surface area contributed by atoms with E-state index < -0.39 is 16.4 Å². The quantitative estimate of drug-likeness (QED) is 0.734. The van der Waals surface area contributed by atoms with Gasteiger partial charge in [-0.2, -0.15) is 8.78 Å². The van der Waals surface area contributed by atoms with Crippen LogP contribution in [0.5, 0.6) is 11.5 Å². The van der Waals surface area contributed by atoms with Crippen molar-refractivity contribution in [1.82, 2.24) is 0 Å². The Morgan fingerprint density at radius 2 is 1.70 bits per heavy atom. The zero-order valence-electron chi connectivity index (χ0n) is 14.9. The van der Waals surface area contributed by atoms with Crippen LogP contribution in [0.25, 0.3) is 0 Å². The second-order valence-corrected chi connectivity index (χ2v) is 8.19. The fourth-order valence-electron chi connectivity index (χ4n) is 3.17. The molecular formula is C19H21F2NO4S. The van der Waals surface area contributed by atoms with Gasteiger partial charge in [0, 0.05) is 13.1 Å². The minimum atomic E-state index is -3.89. The third kappa shape index (κ3) is 4.32. The Kier molecular flexibility index (Phi) is 5.84. The molecule has 0 spiro atoms. The molecule has 1 heterocycles. The van der Waals surface area contributed by atoms with Crippen LogP contribution < -0.4 is 14.4 Å². The molecular weight excluding hydrogens is 376 g/mol. The highest BCUT2D eigenvalue weighted by Crippen LogP contribution is 2.35. The van der Waals surface area contributed by atoms with Crippen LogP contribution in [0, 0.1) is 0 Å². The van der Waals surface area contributed by atoms with E-state index in [2.05, 4.69) is 9.64 Å². The summed E-state index contributed by atoms with van der Waals surface area (Å²) in [5.74, 6) is 0.404. The number of rotatable bonds is 6. The molecule has 0 radical (unpaired) electrons. The van der Waals surface area contributed by atoms with Crippen LogP contribution in [0.1, 0.15) is 19.3 Å². The van der Waals surface area contributed by atoms with Crippen LogP contribution in [-0.2, 0) is 9.84 Å². The van der Waals surface area contributed by atoms with Gasteiger partial charge in [-0.25, -0.2) is 8.42 Å². The van der Waals surface area contributed by atoms with Gasteiger partial charge in [0.2, 0.25) is 9.84 Å². The average Bonchev–Trinajstić information content (AvgIpc) is 2.68. The first kappa shape index (κ1) is 19.4. The SMILES string of the molecule is COc1ccc(S(=O)(=O)c2cccc(OC(F)F)c2)cc1N1CCCCC1. The number of hydrogen-bond donors (Lipinski definition) is 0. The second kappa shape index (κ2) is 8.12. The zero-order chi connectivity index (χ0) is 19.4. The van der Waals surface area contributed by atoms with Gasteiger partial charge in [0.05, 0.1) is 22.6 Å². The highest BCUT2D eigenvalue weighted by molar-refractivity contribution is 7.91. The molecule has 0 unspecified atom stereocenters.